The third-order valence-electron chi connectivity index (χ3n) is 3.05. The molecule has 0 spiro atoms. The Labute approximate surface area is 118 Å². The molecule has 1 aromatic rings. The van der Waals surface area contributed by atoms with Crippen molar-refractivity contribution in [2.75, 3.05) is 32.5 Å². The van der Waals surface area contributed by atoms with Gasteiger partial charge >= 0.3 is 0 Å². The maximum absolute atomic E-state index is 12.5. The minimum atomic E-state index is -0.436. The molecule has 20 heavy (non-hydrogen) atoms. The van der Waals surface area contributed by atoms with Gasteiger partial charge in [0.05, 0.1) is 18.3 Å². The topological polar surface area (TPSA) is 90.6 Å². The molecule has 0 bridgehead atoms. The molecule has 1 saturated heterocycles. The Morgan fingerprint density at radius 2 is 2.25 bits per heavy atom. The molecular formula is C13H20N4O3. The van der Waals surface area contributed by atoms with E-state index < -0.39 is 5.60 Å². The van der Waals surface area contributed by atoms with E-state index in [1.807, 2.05) is 13.8 Å². The monoisotopic (exact) mass is 280 g/mol. The zero-order chi connectivity index (χ0) is 14.8. The van der Waals surface area contributed by atoms with E-state index in [0.717, 1.165) is 0 Å². The number of amides is 1. The van der Waals surface area contributed by atoms with Gasteiger partial charge in [-0.3, -0.25) is 4.79 Å². The molecule has 1 aliphatic heterocycles. The molecule has 1 aromatic heterocycles. The second-order valence-electron chi connectivity index (χ2n) is 5.43. The fourth-order valence-electron chi connectivity index (χ4n) is 2.39. The lowest BCUT2D eigenvalue weighted by molar-refractivity contribution is -0.143. The van der Waals surface area contributed by atoms with E-state index in [1.54, 1.807) is 12.0 Å². The number of rotatable bonds is 3. The Hall–Kier alpha value is -1.73. The van der Waals surface area contributed by atoms with E-state index in [1.165, 1.54) is 12.4 Å². The second kappa shape index (κ2) is 5.72. The van der Waals surface area contributed by atoms with Crippen LogP contribution in [0.5, 0.6) is 0 Å². The van der Waals surface area contributed by atoms with Gasteiger partial charge in [0.25, 0.3) is 5.91 Å². The number of methoxy groups -OCH3 is 1. The molecule has 1 atom stereocenters. The van der Waals surface area contributed by atoms with Crippen molar-refractivity contribution in [1.82, 2.24) is 14.9 Å². The van der Waals surface area contributed by atoms with E-state index in [4.69, 9.17) is 15.2 Å². The number of nitrogen functional groups attached to an aromatic ring is 1. The molecule has 7 nitrogen and oxygen atoms in total. The number of carbonyl (C=O) groups is 1. The average molecular weight is 280 g/mol. The first-order chi connectivity index (χ1) is 9.43. The van der Waals surface area contributed by atoms with E-state index in [-0.39, 0.29) is 23.5 Å². The van der Waals surface area contributed by atoms with Crippen molar-refractivity contribution in [3.05, 3.63) is 18.1 Å². The number of ether oxygens (including phenoxy) is 2. The van der Waals surface area contributed by atoms with Gasteiger partial charge in [0.15, 0.2) is 11.5 Å². The van der Waals surface area contributed by atoms with Gasteiger partial charge in [-0.15, -0.1) is 0 Å². The SMILES string of the molecule is COC[C@@H]1CN(C(=O)c2nccnc2N)CC(C)(C)O1. The highest BCUT2D eigenvalue weighted by molar-refractivity contribution is 5.96. The number of hydrogen-bond donors (Lipinski definition) is 1. The maximum Gasteiger partial charge on any atom is 0.276 e. The first-order valence-electron chi connectivity index (χ1n) is 6.45. The van der Waals surface area contributed by atoms with Crippen molar-refractivity contribution in [3.8, 4) is 0 Å². The van der Waals surface area contributed by atoms with Crippen LogP contribution in [0.15, 0.2) is 12.4 Å². The lowest BCUT2D eigenvalue weighted by atomic mass is 10.0. The van der Waals surface area contributed by atoms with Gasteiger partial charge < -0.3 is 20.1 Å². The number of morpholine rings is 1. The van der Waals surface area contributed by atoms with E-state index in [2.05, 4.69) is 9.97 Å². The Bertz CT molecular complexity index is 492. The molecule has 7 heteroatoms. The zero-order valence-electron chi connectivity index (χ0n) is 12.0. The lowest BCUT2D eigenvalue weighted by Crippen LogP contribution is -2.55. The Kier molecular flexibility index (Phi) is 4.20. The van der Waals surface area contributed by atoms with Gasteiger partial charge in [-0.2, -0.15) is 0 Å². The number of hydrogen-bond acceptors (Lipinski definition) is 6. The van der Waals surface area contributed by atoms with Crippen molar-refractivity contribution in [1.29, 1.82) is 0 Å². The summed E-state index contributed by atoms with van der Waals surface area (Å²) in [6.07, 6.45) is 2.76. The molecular weight excluding hydrogens is 260 g/mol. The van der Waals surface area contributed by atoms with Crippen molar-refractivity contribution in [3.63, 3.8) is 0 Å². The molecule has 0 saturated carbocycles. The zero-order valence-corrected chi connectivity index (χ0v) is 12.0. The van der Waals surface area contributed by atoms with Crippen molar-refractivity contribution in [2.24, 2.45) is 0 Å². The third-order valence-corrected chi connectivity index (χ3v) is 3.05. The smallest absolute Gasteiger partial charge is 0.276 e. The van der Waals surface area contributed by atoms with E-state index in [0.29, 0.717) is 19.7 Å². The Morgan fingerprint density at radius 3 is 2.90 bits per heavy atom. The van der Waals surface area contributed by atoms with Gasteiger partial charge in [-0.05, 0) is 13.8 Å². The number of nitrogens with zero attached hydrogens (tertiary/aromatic N) is 3. The van der Waals surface area contributed by atoms with Crippen molar-refractivity contribution >= 4 is 11.7 Å². The molecule has 2 heterocycles. The van der Waals surface area contributed by atoms with Gasteiger partial charge in [0.1, 0.15) is 0 Å². The summed E-state index contributed by atoms with van der Waals surface area (Å²) in [6.45, 7) is 5.24. The predicted molar refractivity (Wildman–Crippen MR) is 73.2 cm³/mol. The largest absolute Gasteiger partial charge is 0.382 e. The summed E-state index contributed by atoms with van der Waals surface area (Å²) < 4.78 is 11.0. The molecule has 0 aromatic carbocycles. The summed E-state index contributed by atoms with van der Waals surface area (Å²) in [4.78, 5) is 22.1. The molecule has 0 aliphatic carbocycles. The summed E-state index contributed by atoms with van der Waals surface area (Å²) in [5.41, 5.74) is 5.46. The maximum atomic E-state index is 12.5. The second-order valence-corrected chi connectivity index (χ2v) is 5.43. The average Bonchev–Trinajstić information content (AvgIpc) is 2.37. The first kappa shape index (κ1) is 14.7. The summed E-state index contributed by atoms with van der Waals surface area (Å²) in [5.74, 6) is -0.0850. The number of carbonyl (C=O) groups excluding carboxylic acids is 1. The third kappa shape index (κ3) is 3.23. The van der Waals surface area contributed by atoms with Gasteiger partial charge in [-0.1, -0.05) is 0 Å². The van der Waals surface area contributed by atoms with Crippen LogP contribution < -0.4 is 5.73 Å². The van der Waals surface area contributed by atoms with Crippen LogP contribution in [0.4, 0.5) is 5.82 Å². The van der Waals surface area contributed by atoms with Crippen LogP contribution in [0.2, 0.25) is 0 Å². The molecule has 1 aliphatic rings. The number of anilines is 1. The summed E-state index contributed by atoms with van der Waals surface area (Å²) in [6, 6.07) is 0. The summed E-state index contributed by atoms with van der Waals surface area (Å²) >= 11 is 0. The van der Waals surface area contributed by atoms with Gasteiger partial charge in [0, 0.05) is 32.6 Å². The predicted octanol–water partition coefficient (Wildman–Crippen LogP) is 0.325. The Balaban J connectivity index is 2.18. The van der Waals surface area contributed by atoms with Crippen molar-refractivity contribution in [2.45, 2.75) is 25.6 Å². The molecule has 1 amide bonds. The Morgan fingerprint density at radius 1 is 1.55 bits per heavy atom. The fourth-order valence-corrected chi connectivity index (χ4v) is 2.39. The van der Waals surface area contributed by atoms with Crippen LogP contribution in [0.25, 0.3) is 0 Å². The van der Waals surface area contributed by atoms with Gasteiger partial charge in [0.2, 0.25) is 0 Å². The van der Waals surface area contributed by atoms with Crippen LogP contribution >= 0.6 is 0 Å². The number of nitrogens with two attached hydrogens (primary N) is 1. The van der Waals surface area contributed by atoms with Crippen LogP contribution in [0.3, 0.4) is 0 Å². The van der Waals surface area contributed by atoms with Crippen LogP contribution in [0, 0.1) is 0 Å². The highest BCUT2D eigenvalue weighted by atomic mass is 16.5. The summed E-state index contributed by atoms with van der Waals surface area (Å²) in [7, 11) is 1.61. The summed E-state index contributed by atoms with van der Waals surface area (Å²) in [5, 5.41) is 0. The standard InChI is InChI=1S/C13H20N4O3/c1-13(2)8-17(6-9(20-13)7-19-3)12(18)10-11(14)16-5-4-15-10/h4-5,9H,6-8H2,1-3H3,(H2,14,16)/t9-/m0/s1. The molecule has 2 N–H and O–H groups in total. The normalized spacial score (nSPS) is 21.8. The van der Waals surface area contributed by atoms with E-state index >= 15 is 0 Å². The lowest BCUT2D eigenvalue weighted by Gasteiger charge is -2.42. The van der Waals surface area contributed by atoms with Crippen molar-refractivity contribution < 1.29 is 14.3 Å². The van der Waals surface area contributed by atoms with Gasteiger partial charge in [-0.25, -0.2) is 9.97 Å². The minimum Gasteiger partial charge on any atom is -0.382 e. The first-order valence-corrected chi connectivity index (χ1v) is 6.45. The molecule has 2 rings (SSSR count). The molecule has 110 valence electrons. The highest BCUT2D eigenvalue weighted by Crippen LogP contribution is 2.23. The van der Waals surface area contributed by atoms with Crippen LogP contribution in [-0.4, -0.2) is 59.3 Å². The molecule has 0 radical (unpaired) electrons. The van der Waals surface area contributed by atoms with Crippen LogP contribution in [-0.2, 0) is 9.47 Å². The fraction of sp³-hybridized carbons (Fsp3) is 0.615. The number of aromatic nitrogens is 2. The molecule has 0 unspecified atom stereocenters. The quantitative estimate of drug-likeness (QED) is 0.857. The molecule has 1 fully saturated rings. The highest BCUT2D eigenvalue weighted by Gasteiger charge is 2.36. The van der Waals surface area contributed by atoms with E-state index in [9.17, 15) is 4.79 Å². The van der Waals surface area contributed by atoms with Crippen LogP contribution in [0.1, 0.15) is 24.3 Å². The minimum absolute atomic E-state index is 0.144.